The molecule has 2 rings (SSSR count). The first kappa shape index (κ1) is 22.1. The largest absolute Gasteiger partial charge is 0.453 e. The molecular formula is C13H19FIN4O4P2+. The molecule has 0 spiro atoms. The van der Waals surface area contributed by atoms with Crippen LogP contribution in [0.5, 0.6) is 0 Å². The highest BCUT2D eigenvalue weighted by Gasteiger charge is 2.24. The van der Waals surface area contributed by atoms with Gasteiger partial charge in [-0.05, 0) is 0 Å². The van der Waals surface area contributed by atoms with Gasteiger partial charge in [-0.1, -0.05) is 12.1 Å². The van der Waals surface area contributed by atoms with Crippen molar-refractivity contribution in [2.75, 3.05) is 33.3 Å². The zero-order chi connectivity index (χ0) is 19.0. The Labute approximate surface area is 161 Å². The Kier molecular flexibility index (Phi) is 9.63. The average molecular weight is 503 g/mol. The number of ether oxygens (including phenoxy) is 1. The molecule has 1 aliphatic rings. The Morgan fingerprint density at radius 3 is 2.52 bits per heavy atom. The molecule has 1 heterocycles. The Balaban J connectivity index is 0.000000705. The molecule has 0 aromatic heterocycles. The lowest BCUT2D eigenvalue weighted by molar-refractivity contribution is -0.387. The number of nitrogens with zero attached hydrogens (tertiary/aromatic N) is 3. The van der Waals surface area contributed by atoms with E-state index in [4.69, 9.17) is 5.16 Å². The molecule has 2 atom stereocenters. The van der Waals surface area contributed by atoms with E-state index in [-0.39, 0.29) is 18.2 Å². The Hall–Kier alpha value is -0.960. The highest BCUT2D eigenvalue weighted by Crippen LogP contribution is 2.39. The third-order valence-corrected chi connectivity index (χ3v) is 3.45. The minimum absolute atomic E-state index is 0.280. The molecule has 1 aromatic carbocycles. The summed E-state index contributed by atoms with van der Waals surface area (Å²) in [5.41, 5.74) is -0.226. The first-order valence-corrected chi connectivity index (χ1v) is 12.9. The number of carbonyl (C=O) groups excluding carboxylic acids is 1. The van der Waals surface area contributed by atoms with Gasteiger partial charge >= 0.3 is 11.8 Å². The number of halogens is 2. The predicted molar refractivity (Wildman–Crippen MR) is 106 cm³/mol. The first-order valence-electron chi connectivity index (χ1n) is 7.15. The minimum Gasteiger partial charge on any atom is -0.453 e. The lowest BCUT2D eigenvalue weighted by atomic mass is 10.1. The normalized spacial score (nSPS) is 15.0. The number of piperazine rings is 1. The van der Waals surface area contributed by atoms with Gasteiger partial charge in [0.15, 0.2) is 0 Å². The molecule has 0 saturated carbocycles. The van der Waals surface area contributed by atoms with Crippen LogP contribution in [0.1, 0.15) is 5.56 Å². The van der Waals surface area contributed by atoms with E-state index in [9.17, 15) is 19.3 Å². The highest BCUT2D eigenvalue weighted by atomic mass is 127. The fourth-order valence-electron chi connectivity index (χ4n) is 2.29. The molecule has 2 unspecified atom stereocenters. The summed E-state index contributed by atoms with van der Waals surface area (Å²) in [5, 5.41) is 16.8. The van der Waals surface area contributed by atoms with Gasteiger partial charge in [0.1, 0.15) is 8.93 Å². The number of hydrogen-bond acceptors (Lipinski definition) is 6. The number of hydrogen-bond donors (Lipinski definition) is 1. The maximum Gasteiger partial charge on any atom is 0.409 e. The van der Waals surface area contributed by atoms with Crippen molar-refractivity contribution < 1.29 is 18.8 Å². The molecule has 12 heteroatoms. The molecule has 0 bridgehead atoms. The van der Waals surface area contributed by atoms with Gasteiger partial charge in [-0.15, -0.1) is 5.16 Å². The van der Waals surface area contributed by atoms with Crippen molar-refractivity contribution in [3.05, 3.63) is 39.7 Å². The molecule has 25 heavy (non-hydrogen) atoms. The summed E-state index contributed by atoms with van der Waals surface area (Å²) in [6.45, 7) is 2.39. The van der Waals surface area contributed by atoms with E-state index in [0.29, 0.717) is 26.2 Å². The third kappa shape index (κ3) is 7.43. The van der Waals surface area contributed by atoms with Crippen molar-refractivity contribution in [1.82, 2.24) is 9.80 Å². The summed E-state index contributed by atoms with van der Waals surface area (Å²) in [7, 11) is 3.70. The van der Waals surface area contributed by atoms with Crippen LogP contribution in [0.4, 0.5) is 14.9 Å². The second-order valence-corrected chi connectivity index (χ2v) is 13.5. The second kappa shape index (κ2) is 10.9. The molecule has 0 aliphatic carbocycles. The molecule has 138 valence electrons. The summed E-state index contributed by atoms with van der Waals surface area (Å²) >= 11 is 2.04. The number of methoxy groups -OCH3 is 1. The fraction of sp³-hybridized carbons (Fsp3) is 0.462. The second-order valence-electron chi connectivity index (χ2n) is 5.05. The molecular weight excluding hydrogens is 484 g/mol. The van der Waals surface area contributed by atoms with Crippen molar-refractivity contribution in [3.8, 4) is 0 Å². The number of nitro groups is 1. The van der Waals surface area contributed by atoms with E-state index in [1.165, 1.54) is 19.2 Å². The van der Waals surface area contributed by atoms with Gasteiger partial charge in [-0.3, -0.25) is 15.0 Å². The van der Waals surface area contributed by atoms with Crippen molar-refractivity contribution in [2.24, 2.45) is 0 Å². The Morgan fingerprint density at radius 1 is 1.48 bits per heavy atom. The summed E-state index contributed by atoms with van der Waals surface area (Å²) < 4.78 is 18.6. The van der Waals surface area contributed by atoms with Crippen LogP contribution in [0, 0.1) is 21.1 Å². The standard InChI is InChI=1S/C13H16FN3O4.H3INP2/c1-21-13(18)16-7-5-15(6-8-16)9-10-3-2-4-11(12(10)14)17(19)20;1-4(2)3/h2-4H,5-9H2,1H3;2H,3H2/q;+1. The van der Waals surface area contributed by atoms with Crippen LogP contribution in [0.15, 0.2) is 18.2 Å². The molecule has 8 nitrogen and oxygen atoms in total. The SMILES string of the molecule is COC(=O)N1CCN(Cc2cccc([N+](=O)[O-])c2F)CC1.N=[P+](P)I. The summed E-state index contributed by atoms with van der Waals surface area (Å²) in [5.74, 6) is -0.794. The van der Waals surface area contributed by atoms with Crippen LogP contribution in [-0.2, 0) is 11.3 Å². The highest BCUT2D eigenvalue weighted by molar-refractivity contribution is 14.2. The maximum absolute atomic E-state index is 14.0. The van der Waals surface area contributed by atoms with Crippen molar-refractivity contribution >= 4 is 47.8 Å². The van der Waals surface area contributed by atoms with Gasteiger partial charge in [0, 0.05) is 44.4 Å². The smallest absolute Gasteiger partial charge is 0.409 e. The van der Waals surface area contributed by atoms with Crippen LogP contribution in [0.2, 0.25) is 0 Å². The molecule has 1 fully saturated rings. The molecule has 1 aromatic rings. The number of nitro benzene ring substituents is 1. The van der Waals surface area contributed by atoms with Crippen LogP contribution >= 0.6 is 36.0 Å². The molecule has 1 amide bonds. The zero-order valence-corrected chi connectivity index (χ0v) is 17.7. The minimum atomic E-state index is -0.794. The van der Waals surface area contributed by atoms with Crippen molar-refractivity contribution in [3.63, 3.8) is 0 Å². The lowest BCUT2D eigenvalue weighted by Gasteiger charge is -2.33. The fourth-order valence-corrected chi connectivity index (χ4v) is 2.29. The quantitative estimate of drug-likeness (QED) is 0.291. The van der Waals surface area contributed by atoms with Gasteiger partial charge in [0.05, 0.1) is 12.0 Å². The van der Waals surface area contributed by atoms with E-state index in [1.807, 2.05) is 26.9 Å². The van der Waals surface area contributed by atoms with E-state index < -0.39 is 21.5 Å². The number of nitrogens with one attached hydrogen (secondary N) is 1. The van der Waals surface area contributed by atoms with Crippen molar-refractivity contribution in [2.45, 2.75) is 6.54 Å². The molecule has 1 aliphatic heterocycles. The predicted octanol–water partition coefficient (Wildman–Crippen LogP) is 3.99. The van der Waals surface area contributed by atoms with Gasteiger partial charge in [0.2, 0.25) is 5.82 Å². The number of amides is 1. The van der Waals surface area contributed by atoms with Gasteiger partial charge in [0.25, 0.3) is 27.1 Å². The Morgan fingerprint density at radius 2 is 2.04 bits per heavy atom. The molecule has 0 radical (unpaired) electrons. The maximum atomic E-state index is 14.0. The van der Waals surface area contributed by atoms with Crippen LogP contribution < -0.4 is 0 Å². The number of carbonyl (C=O) groups is 1. The van der Waals surface area contributed by atoms with E-state index in [1.54, 1.807) is 4.90 Å². The third-order valence-electron chi connectivity index (χ3n) is 3.45. The summed E-state index contributed by atoms with van der Waals surface area (Å²) in [6.07, 6.45) is -0.379. The summed E-state index contributed by atoms with van der Waals surface area (Å²) in [4.78, 5) is 24.9. The van der Waals surface area contributed by atoms with Crippen molar-refractivity contribution in [1.29, 1.82) is 5.16 Å². The van der Waals surface area contributed by atoms with E-state index in [0.717, 1.165) is 6.07 Å². The van der Waals surface area contributed by atoms with E-state index >= 15 is 0 Å². The van der Waals surface area contributed by atoms with Crippen LogP contribution in [0.25, 0.3) is 0 Å². The zero-order valence-electron chi connectivity index (χ0n) is 13.5. The number of benzene rings is 1. The van der Waals surface area contributed by atoms with Gasteiger partial charge in [-0.25, -0.2) is 4.79 Å². The van der Waals surface area contributed by atoms with Crippen LogP contribution in [-0.4, -0.2) is 54.1 Å². The average Bonchev–Trinajstić information content (AvgIpc) is 2.56. The Bertz CT molecular complexity index is 640. The lowest BCUT2D eigenvalue weighted by Crippen LogP contribution is -2.48. The first-order chi connectivity index (χ1) is 11.8. The van der Waals surface area contributed by atoms with Crippen LogP contribution in [0.3, 0.4) is 0 Å². The number of rotatable bonds is 3. The van der Waals surface area contributed by atoms with Gasteiger partial charge < -0.3 is 9.64 Å². The van der Waals surface area contributed by atoms with Gasteiger partial charge in [-0.2, -0.15) is 4.39 Å². The topological polar surface area (TPSA) is 99.8 Å². The molecule has 1 N–H and O–H groups in total. The summed E-state index contributed by atoms with van der Waals surface area (Å²) in [6, 6.07) is 4.16. The monoisotopic (exact) mass is 503 g/mol. The van der Waals surface area contributed by atoms with E-state index in [2.05, 4.69) is 13.7 Å². The molecule has 1 saturated heterocycles.